The highest BCUT2D eigenvalue weighted by Gasteiger charge is 2.49. The van der Waals surface area contributed by atoms with Gasteiger partial charge in [-0.05, 0) is 37.5 Å². The Kier molecular flexibility index (Phi) is 3.09. The van der Waals surface area contributed by atoms with Crippen LogP contribution in [0.3, 0.4) is 0 Å². The summed E-state index contributed by atoms with van der Waals surface area (Å²) in [5.74, 6) is -0.306. The van der Waals surface area contributed by atoms with Crippen molar-refractivity contribution < 1.29 is 9.59 Å². The van der Waals surface area contributed by atoms with Crippen LogP contribution >= 0.6 is 11.6 Å². The van der Waals surface area contributed by atoms with Gasteiger partial charge >= 0.3 is 0 Å². The third kappa shape index (κ3) is 1.88. The summed E-state index contributed by atoms with van der Waals surface area (Å²) in [5, 5.41) is 0.591. The first kappa shape index (κ1) is 12.7. The minimum absolute atomic E-state index is 0.0416. The fourth-order valence-electron chi connectivity index (χ4n) is 3.24. The van der Waals surface area contributed by atoms with Crippen molar-refractivity contribution in [3.8, 4) is 0 Å². The Morgan fingerprint density at radius 3 is 2.26 bits per heavy atom. The van der Waals surface area contributed by atoms with Crippen LogP contribution in [0.1, 0.15) is 31.2 Å². The van der Waals surface area contributed by atoms with E-state index in [2.05, 4.69) is 0 Å². The molecule has 100 valence electrons. The number of rotatable bonds is 1. The first-order valence-corrected chi connectivity index (χ1v) is 7.12. The maximum atomic E-state index is 12.5. The monoisotopic (exact) mass is 277 g/mol. The second-order valence-electron chi connectivity index (χ2n) is 5.39. The maximum absolute atomic E-state index is 12.5. The number of halogens is 1. The molecule has 3 nitrogen and oxygen atoms in total. The Morgan fingerprint density at radius 1 is 1.11 bits per heavy atom. The molecule has 0 aromatic heterocycles. The van der Waals surface area contributed by atoms with Gasteiger partial charge in [-0.3, -0.25) is 9.59 Å². The molecule has 0 unspecified atom stereocenters. The lowest BCUT2D eigenvalue weighted by atomic mass is 9.81. The third-order valence-electron chi connectivity index (χ3n) is 4.32. The summed E-state index contributed by atoms with van der Waals surface area (Å²) in [6, 6.07) is 5.36. The Hall–Kier alpha value is -1.35. The van der Waals surface area contributed by atoms with E-state index in [1.807, 2.05) is 6.92 Å². The summed E-state index contributed by atoms with van der Waals surface area (Å²) >= 11 is 6.09. The second-order valence-corrected chi connectivity index (χ2v) is 5.80. The van der Waals surface area contributed by atoms with E-state index in [0.717, 1.165) is 31.2 Å². The lowest BCUT2D eigenvalue weighted by Crippen LogP contribution is -2.31. The molecular weight excluding hydrogens is 262 g/mol. The van der Waals surface area contributed by atoms with Crippen LogP contribution in [-0.4, -0.2) is 11.8 Å². The van der Waals surface area contributed by atoms with Gasteiger partial charge in [0.2, 0.25) is 11.8 Å². The molecule has 2 fully saturated rings. The number of fused-ring (bicyclic) bond motifs is 1. The molecule has 1 saturated heterocycles. The molecule has 0 radical (unpaired) electrons. The molecule has 19 heavy (non-hydrogen) atoms. The lowest BCUT2D eigenvalue weighted by Gasteiger charge is -2.19. The Bertz CT molecular complexity index is 531. The molecule has 1 aromatic rings. The minimum Gasteiger partial charge on any atom is -0.274 e. The average molecular weight is 278 g/mol. The van der Waals surface area contributed by atoms with Gasteiger partial charge in [0.25, 0.3) is 0 Å². The molecule has 2 amide bonds. The number of carbonyl (C=O) groups is 2. The normalized spacial score (nSPS) is 26.7. The molecular formula is C15H16ClNO2. The molecule has 3 rings (SSSR count). The van der Waals surface area contributed by atoms with Gasteiger partial charge in [-0.15, -0.1) is 0 Å². The highest BCUT2D eigenvalue weighted by atomic mass is 35.5. The number of carbonyl (C=O) groups excluding carboxylic acids is 2. The summed E-state index contributed by atoms with van der Waals surface area (Å²) in [4.78, 5) is 26.3. The molecule has 0 bridgehead atoms. The van der Waals surface area contributed by atoms with Crippen molar-refractivity contribution in [3.05, 3.63) is 28.8 Å². The van der Waals surface area contributed by atoms with Gasteiger partial charge in [0.1, 0.15) is 0 Å². The van der Waals surface area contributed by atoms with Gasteiger partial charge in [-0.1, -0.05) is 30.5 Å². The number of amides is 2. The van der Waals surface area contributed by atoms with Crippen molar-refractivity contribution in [3.63, 3.8) is 0 Å². The van der Waals surface area contributed by atoms with Gasteiger partial charge in [0, 0.05) is 5.02 Å². The molecule has 0 N–H and O–H groups in total. The molecule has 1 aliphatic heterocycles. The summed E-state index contributed by atoms with van der Waals surface area (Å²) in [6.07, 6.45) is 3.77. The first-order chi connectivity index (χ1) is 9.11. The quantitative estimate of drug-likeness (QED) is 0.739. The standard InChI is InChI=1S/C15H16ClNO2/c1-9-12(16)7-4-8-13(9)17-14(18)10-5-2-3-6-11(10)15(17)19/h4,7-8,10-11H,2-3,5-6H2,1H3/t10-,11+. The minimum atomic E-state index is -0.111. The van der Waals surface area contributed by atoms with E-state index in [4.69, 9.17) is 11.6 Å². The van der Waals surface area contributed by atoms with Crippen molar-refractivity contribution in [2.75, 3.05) is 4.90 Å². The Labute approximate surface area is 117 Å². The van der Waals surface area contributed by atoms with Crippen LogP contribution in [0.4, 0.5) is 5.69 Å². The SMILES string of the molecule is Cc1c(Cl)cccc1N1C(=O)[C@H]2CCCC[C@H]2C1=O. The summed E-state index contributed by atoms with van der Waals surface area (Å²) in [5.41, 5.74) is 1.45. The highest BCUT2D eigenvalue weighted by Crippen LogP contribution is 2.41. The molecule has 0 spiro atoms. The number of hydrogen-bond donors (Lipinski definition) is 0. The average Bonchev–Trinajstić information content (AvgIpc) is 2.67. The van der Waals surface area contributed by atoms with E-state index in [1.165, 1.54) is 4.90 Å². The maximum Gasteiger partial charge on any atom is 0.237 e. The second kappa shape index (κ2) is 4.64. The van der Waals surface area contributed by atoms with E-state index in [0.29, 0.717) is 10.7 Å². The van der Waals surface area contributed by atoms with E-state index in [-0.39, 0.29) is 23.7 Å². The van der Waals surface area contributed by atoms with Crippen LogP contribution in [-0.2, 0) is 9.59 Å². The van der Waals surface area contributed by atoms with E-state index < -0.39 is 0 Å². The highest BCUT2D eigenvalue weighted by molar-refractivity contribution is 6.32. The van der Waals surface area contributed by atoms with Crippen LogP contribution in [0.5, 0.6) is 0 Å². The fraction of sp³-hybridized carbons (Fsp3) is 0.467. The molecule has 2 aliphatic rings. The number of nitrogens with zero attached hydrogens (tertiary/aromatic N) is 1. The number of imide groups is 1. The van der Waals surface area contributed by atoms with Gasteiger partial charge in [0.05, 0.1) is 17.5 Å². The molecule has 2 atom stereocenters. The van der Waals surface area contributed by atoms with Gasteiger partial charge in [0.15, 0.2) is 0 Å². The Balaban J connectivity index is 2.03. The van der Waals surface area contributed by atoms with Crippen molar-refractivity contribution in [1.82, 2.24) is 0 Å². The molecule has 1 saturated carbocycles. The van der Waals surface area contributed by atoms with E-state index >= 15 is 0 Å². The van der Waals surface area contributed by atoms with Crippen molar-refractivity contribution in [1.29, 1.82) is 0 Å². The summed E-state index contributed by atoms with van der Waals surface area (Å²) in [7, 11) is 0. The third-order valence-corrected chi connectivity index (χ3v) is 4.73. The van der Waals surface area contributed by atoms with Crippen LogP contribution in [0, 0.1) is 18.8 Å². The predicted molar refractivity (Wildman–Crippen MR) is 74.1 cm³/mol. The van der Waals surface area contributed by atoms with Crippen LogP contribution < -0.4 is 4.90 Å². The zero-order valence-corrected chi connectivity index (χ0v) is 11.6. The largest absolute Gasteiger partial charge is 0.274 e. The molecule has 1 aromatic carbocycles. The van der Waals surface area contributed by atoms with E-state index in [1.54, 1.807) is 18.2 Å². The molecule has 1 heterocycles. The summed E-state index contributed by atoms with van der Waals surface area (Å²) < 4.78 is 0. The Morgan fingerprint density at radius 2 is 1.68 bits per heavy atom. The lowest BCUT2D eigenvalue weighted by molar-refractivity contribution is -0.122. The van der Waals surface area contributed by atoms with Crippen molar-refractivity contribution in [2.24, 2.45) is 11.8 Å². The van der Waals surface area contributed by atoms with Gasteiger partial charge in [-0.25, -0.2) is 4.90 Å². The van der Waals surface area contributed by atoms with Crippen molar-refractivity contribution >= 4 is 29.1 Å². The summed E-state index contributed by atoms with van der Waals surface area (Å²) in [6.45, 7) is 1.85. The van der Waals surface area contributed by atoms with Crippen LogP contribution in [0.15, 0.2) is 18.2 Å². The number of hydrogen-bond acceptors (Lipinski definition) is 2. The van der Waals surface area contributed by atoms with Crippen molar-refractivity contribution in [2.45, 2.75) is 32.6 Å². The van der Waals surface area contributed by atoms with Gasteiger partial charge < -0.3 is 0 Å². The van der Waals surface area contributed by atoms with Crippen LogP contribution in [0.25, 0.3) is 0 Å². The topological polar surface area (TPSA) is 37.4 Å². The predicted octanol–water partition coefficient (Wildman–Crippen LogP) is 3.33. The zero-order chi connectivity index (χ0) is 13.6. The van der Waals surface area contributed by atoms with Crippen LogP contribution in [0.2, 0.25) is 5.02 Å². The molecule has 1 aliphatic carbocycles. The van der Waals surface area contributed by atoms with E-state index in [9.17, 15) is 9.59 Å². The molecule has 4 heteroatoms. The number of benzene rings is 1. The fourth-order valence-corrected chi connectivity index (χ4v) is 3.41. The zero-order valence-electron chi connectivity index (χ0n) is 10.9. The van der Waals surface area contributed by atoms with Gasteiger partial charge in [-0.2, -0.15) is 0 Å². The smallest absolute Gasteiger partial charge is 0.237 e. The first-order valence-electron chi connectivity index (χ1n) is 6.74. The number of anilines is 1.